The Morgan fingerprint density at radius 3 is 2.76 bits per heavy atom. The highest BCUT2D eigenvalue weighted by atomic mass is 16.4. The van der Waals surface area contributed by atoms with Gasteiger partial charge in [0.15, 0.2) is 5.82 Å². The molecule has 2 rings (SSSR count). The van der Waals surface area contributed by atoms with E-state index in [0.29, 0.717) is 11.9 Å². The molecule has 0 radical (unpaired) electrons. The van der Waals surface area contributed by atoms with Gasteiger partial charge in [0.2, 0.25) is 0 Å². The highest BCUT2D eigenvalue weighted by Gasteiger charge is 2.20. The molecule has 1 saturated carbocycles. The van der Waals surface area contributed by atoms with Crippen LogP contribution >= 0.6 is 0 Å². The summed E-state index contributed by atoms with van der Waals surface area (Å²) in [7, 11) is 0. The molecule has 1 aliphatic carbocycles. The predicted octanol–water partition coefficient (Wildman–Crippen LogP) is 2.17. The number of carboxylic acids is 1. The van der Waals surface area contributed by atoms with Crippen molar-refractivity contribution in [3.63, 3.8) is 0 Å². The second-order valence-electron chi connectivity index (χ2n) is 4.70. The van der Waals surface area contributed by atoms with Crippen LogP contribution in [0.3, 0.4) is 0 Å². The summed E-state index contributed by atoms with van der Waals surface area (Å²) in [6, 6.07) is 1.80. The molecule has 2 N–H and O–H groups in total. The zero-order chi connectivity index (χ0) is 12.3. The van der Waals surface area contributed by atoms with Gasteiger partial charge in [0.25, 0.3) is 0 Å². The molecule has 0 unspecified atom stereocenters. The van der Waals surface area contributed by atoms with Crippen molar-refractivity contribution in [2.24, 2.45) is 5.92 Å². The van der Waals surface area contributed by atoms with Gasteiger partial charge in [-0.15, -0.1) is 5.10 Å². The van der Waals surface area contributed by atoms with Crippen LogP contribution in [-0.2, 0) is 0 Å². The Morgan fingerprint density at radius 2 is 2.12 bits per heavy atom. The lowest BCUT2D eigenvalue weighted by molar-refractivity contribution is 0.0697. The summed E-state index contributed by atoms with van der Waals surface area (Å²) in [5.74, 6) is 0.194. The maximum atomic E-state index is 11.0. The van der Waals surface area contributed by atoms with Crippen LogP contribution in [0.1, 0.15) is 43.0 Å². The van der Waals surface area contributed by atoms with Crippen molar-refractivity contribution in [2.75, 3.05) is 5.32 Å². The fraction of sp³-hybridized carbons (Fsp3) is 0.583. The molecular formula is C12H17N3O2. The lowest BCUT2D eigenvalue weighted by Crippen LogP contribution is -2.26. The van der Waals surface area contributed by atoms with Gasteiger partial charge in [0, 0.05) is 6.04 Å². The Bertz CT molecular complexity index is 400. The van der Waals surface area contributed by atoms with Crippen LogP contribution in [0.2, 0.25) is 0 Å². The van der Waals surface area contributed by atoms with E-state index in [1.807, 2.05) is 0 Å². The van der Waals surface area contributed by atoms with Gasteiger partial charge < -0.3 is 10.4 Å². The van der Waals surface area contributed by atoms with Crippen molar-refractivity contribution in [3.05, 3.63) is 17.8 Å². The van der Waals surface area contributed by atoms with Crippen LogP contribution in [0.4, 0.5) is 5.82 Å². The maximum absolute atomic E-state index is 11.0. The first-order chi connectivity index (χ1) is 8.16. The maximum Gasteiger partial charge on any atom is 0.339 e. The van der Waals surface area contributed by atoms with Gasteiger partial charge in [-0.3, -0.25) is 0 Å². The normalized spacial score (nSPS) is 24.3. The molecule has 0 atom stereocenters. The molecule has 0 bridgehead atoms. The molecule has 1 fully saturated rings. The Kier molecular flexibility index (Phi) is 3.56. The van der Waals surface area contributed by atoms with Crippen LogP contribution in [0, 0.1) is 5.92 Å². The minimum Gasteiger partial charge on any atom is -0.478 e. The summed E-state index contributed by atoms with van der Waals surface area (Å²) in [4.78, 5) is 11.0. The molecule has 0 aromatic carbocycles. The number of hydrogen-bond acceptors (Lipinski definition) is 4. The summed E-state index contributed by atoms with van der Waals surface area (Å²) in [6.45, 7) is 2.25. The summed E-state index contributed by atoms with van der Waals surface area (Å²) in [6.07, 6.45) is 5.89. The van der Waals surface area contributed by atoms with E-state index < -0.39 is 5.97 Å². The first-order valence-corrected chi connectivity index (χ1v) is 5.98. The molecule has 1 heterocycles. The minimum atomic E-state index is -0.966. The summed E-state index contributed by atoms with van der Waals surface area (Å²) in [5, 5.41) is 19.8. The van der Waals surface area contributed by atoms with Crippen molar-refractivity contribution in [1.82, 2.24) is 10.2 Å². The number of anilines is 1. The van der Waals surface area contributed by atoms with Crippen molar-refractivity contribution < 1.29 is 9.90 Å². The SMILES string of the molecule is CC1CCC(Nc2nnccc2C(=O)O)CC1. The third-order valence-corrected chi connectivity index (χ3v) is 3.31. The first kappa shape index (κ1) is 11.8. The Morgan fingerprint density at radius 1 is 1.41 bits per heavy atom. The third-order valence-electron chi connectivity index (χ3n) is 3.31. The number of hydrogen-bond donors (Lipinski definition) is 2. The number of carbonyl (C=O) groups is 1. The van der Waals surface area contributed by atoms with Crippen LogP contribution in [-0.4, -0.2) is 27.3 Å². The van der Waals surface area contributed by atoms with E-state index in [1.54, 1.807) is 0 Å². The lowest BCUT2D eigenvalue weighted by atomic mass is 9.87. The van der Waals surface area contributed by atoms with Crippen LogP contribution in [0.25, 0.3) is 0 Å². The van der Waals surface area contributed by atoms with Crippen LogP contribution in [0.15, 0.2) is 12.3 Å². The van der Waals surface area contributed by atoms with Gasteiger partial charge in [0.1, 0.15) is 5.56 Å². The molecule has 1 aromatic rings. The molecule has 0 saturated heterocycles. The van der Waals surface area contributed by atoms with Gasteiger partial charge >= 0.3 is 5.97 Å². The average molecular weight is 235 g/mol. The molecule has 17 heavy (non-hydrogen) atoms. The molecule has 0 spiro atoms. The lowest BCUT2D eigenvalue weighted by Gasteiger charge is -2.27. The van der Waals surface area contributed by atoms with E-state index >= 15 is 0 Å². The predicted molar refractivity (Wildman–Crippen MR) is 64.0 cm³/mol. The van der Waals surface area contributed by atoms with Crippen LogP contribution in [0.5, 0.6) is 0 Å². The molecule has 92 valence electrons. The van der Waals surface area contributed by atoms with E-state index in [4.69, 9.17) is 5.11 Å². The smallest absolute Gasteiger partial charge is 0.339 e. The van der Waals surface area contributed by atoms with E-state index in [0.717, 1.165) is 18.8 Å². The number of aromatic carboxylic acids is 1. The van der Waals surface area contributed by atoms with Gasteiger partial charge in [-0.05, 0) is 37.7 Å². The zero-order valence-corrected chi connectivity index (χ0v) is 9.89. The molecule has 5 heteroatoms. The molecule has 0 amide bonds. The van der Waals surface area contributed by atoms with Gasteiger partial charge in [-0.2, -0.15) is 5.10 Å². The zero-order valence-electron chi connectivity index (χ0n) is 9.89. The Labute approximate surface area is 100 Å². The van der Waals surface area contributed by atoms with Gasteiger partial charge in [0.05, 0.1) is 6.20 Å². The number of aromatic nitrogens is 2. The van der Waals surface area contributed by atoms with E-state index in [9.17, 15) is 4.79 Å². The number of carboxylic acid groups (broad SMARTS) is 1. The standard InChI is InChI=1S/C12H17N3O2/c1-8-2-4-9(5-3-8)14-11-10(12(16)17)6-7-13-15-11/h6-9H,2-5H2,1H3,(H,14,15)(H,16,17). The van der Waals surface area contributed by atoms with E-state index in [2.05, 4.69) is 22.4 Å². The fourth-order valence-corrected chi connectivity index (χ4v) is 2.21. The molecule has 1 aliphatic rings. The molecule has 5 nitrogen and oxygen atoms in total. The number of nitrogens with zero attached hydrogens (tertiary/aromatic N) is 2. The first-order valence-electron chi connectivity index (χ1n) is 5.98. The van der Waals surface area contributed by atoms with Crippen molar-refractivity contribution >= 4 is 11.8 Å². The topological polar surface area (TPSA) is 75.1 Å². The summed E-state index contributed by atoms with van der Waals surface area (Å²) < 4.78 is 0. The molecule has 0 aliphatic heterocycles. The monoisotopic (exact) mass is 235 g/mol. The van der Waals surface area contributed by atoms with Crippen molar-refractivity contribution in [2.45, 2.75) is 38.6 Å². The molecular weight excluding hydrogens is 218 g/mol. The quantitative estimate of drug-likeness (QED) is 0.839. The van der Waals surface area contributed by atoms with Crippen LogP contribution < -0.4 is 5.32 Å². The minimum absolute atomic E-state index is 0.193. The van der Waals surface area contributed by atoms with Gasteiger partial charge in [-0.25, -0.2) is 4.79 Å². The second-order valence-corrected chi connectivity index (χ2v) is 4.70. The fourth-order valence-electron chi connectivity index (χ4n) is 2.21. The summed E-state index contributed by atoms with van der Waals surface area (Å²) in [5.41, 5.74) is 0.193. The van der Waals surface area contributed by atoms with E-state index in [1.165, 1.54) is 25.1 Å². The number of nitrogens with one attached hydrogen (secondary N) is 1. The number of rotatable bonds is 3. The summed E-state index contributed by atoms with van der Waals surface area (Å²) >= 11 is 0. The third kappa shape index (κ3) is 2.93. The van der Waals surface area contributed by atoms with E-state index in [-0.39, 0.29) is 5.56 Å². The van der Waals surface area contributed by atoms with Crippen molar-refractivity contribution in [3.8, 4) is 0 Å². The Hall–Kier alpha value is -1.65. The highest BCUT2D eigenvalue weighted by molar-refractivity contribution is 5.92. The average Bonchev–Trinajstić information content (AvgIpc) is 2.32. The Balaban J connectivity index is 2.05. The second kappa shape index (κ2) is 5.12. The van der Waals surface area contributed by atoms with Gasteiger partial charge in [-0.1, -0.05) is 6.92 Å². The molecule has 1 aromatic heterocycles. The highest BCUT2D eigenvalue weighted by Crippen LogP contribution is 2.26. The van der Waals surface area contributed by atoms with Crippen molar-refractivity contribution in [1.29, 1.82) is 0 Å². The largest absolute Gasteiger partial charge is 0.478 e.